The van der Waals surface area contributed by atoms with E-state index in [-0.39, 0.29) is 11.7 Å². The first-order valence-corrected chi connectivity index (χ1v) is 11.7. The predicted octanol–water partition coefficient (Wildman–Crippen LogP) is 4.45. The molecular formula is C24H31F3N6O4. The minimum Gasteiger partial charge on any atom is -0.497 e. The average Bonchev–Trinajstić information content (AvgIpc) is 2.84. The largest absolute Gasteiger partial charge is 0.497 e. The molecule has 3 rings (SSSR count). The lowest BCUT2D eigenvalue weighted by molar-refractivity contribution is -0.234. The molecule has 10 nitrogen and oxygen atoms in total. The summed E-state index contributed by atoms with van der Waals surface area (Å²) in [6.45, 7) is 3.83. The first-order chi connectivity index (χ1) is 17.4. The molecule has 0 atom stereocenters. The van der Waals surface area contributed by atoms with Gasteiger partial charge in [-0.25, -0.2) is 14.6 Å². The van der Waals surface area contributed by atoms with Gasteiger partial charge < -0.3 is 25.1 Å². The van der Waals surface area contributed by atoms with E-state index in [1.807, 2.05) is 32.8 Å². The van der Waals surface area contributed by atoms with Gasteiger partial charge >= 0.3 is 18.2 Å². The predicted molar refractivity (Wildman–Crippen MR) is 131 cm³/mol. The monoisotopic (exact) mass is 524 g/mol. The highest BCUT2D eigenvalue weighted by atomic mass is 19.4. The summed E-state index contributed by atoms with van der Waals surface area (Å²) in [7, 11) is 5.21. The zero-order valence-electron chi connectivity index (χ0n) is 21.3. The third kappa shape index (κ3) is 7.14. The molecule has 1 aromatic carbocycles. The molecule has 0 unspecified atom stereocenters. The fourth-order valence-corrected chi connectivity index (χ4v) is 4.05. The lowest BCUT2D eigenvalue weighted by Gasteiger charge is -2.35. The van der Waals surface area contributed by atoms with Crippen LogP contribution in [-0.4, -0.2) is 66.5 Å². The summed E-state index contributed by atoms with van der Waals surface area (Å²) in [4.78, 5) is 40.0. The summed E-state index contributed by atoms with van der Waals surface area (Å²) >= 11 is 0. The van der Waals surface area contributed by atoms with Crippen LogP contribution in [0.1, 0.15) is 36.9 Å². The molecule has 1 fully saturated rings. The van der Waals surface area contributed by atoms with Gasteiger partial charge in [0, 0.05) is 43.1 Å². The maximum absolute atomic E-state index is 12.9. The Morgan fingerprint density at radius 3 is 2.35 bits per heavy atom. The standard InChI is InChI=1S/C24H31F3N6O4/c1-14-15(2)28-22(31-20(14)32(3)4)29-16-9-11-18(12-10-16)33(37-21(34)24(25,26)27)23(35)30-17-7-6-8-19(13-17)36-5/h6-8,13,16,18H,9-12H2,1-5H3,(H,30,35)(H,28,29,31). The molecule has 0 spiro atoms. The number of nitrogens with one attached hydrogen (secondary N) is 2. The lowest BCUT2D eigenvalue weighted by Crippen LogP contribution is -2.48. The molecule has 1 aromatic heterocycles. The second kappa shape index (κ2) is 11.5. The number of hydrogen-bond donors (Lipinski definition) is 2. The van der Waals surface area contributed by atoms with Crippen molar-refractivity contribution in [1.29, 1.82) is 0 Å². The van der Waals surface area contributed by atoms with Crippen LogP contribution in [0.3, 0.4) is 0 Å². The van der Waals surface area contributed by atoms with E-state index in [1.165, 1.54) is 19.2 Å². The number of methoxy groups -OCH3 is 1. The Morgan fingerprint density at radius 2 is 1.76 bits per heavy atom. The first kappa shape index (κ1) is 27.8. The number of urea groups is 1. The Bertz CT molecular complexity index is 1120. The minimum atomic E-state index is -5.25. The number of nitrogens with zero attached hydrogens (tertiary/aromatic N) is 4. The fourth-order valence-electron chi connectivity index (χ4n) is 4.05. The van der Waals surface area contributed by atoms with Crippen LogP contribution in [0.5, 0.6) is 5.75 Å². The Morgan fingerprint density at radius 1 is 1.08 bits per heavy atom. The van der Waals surface area contributed by atoms with E-state index in [2.05, 4.69) is 25.4 Å². The minimum absolute atomic E-state index is 0.0741. The molecule has 2 aromatic rings. The van der Waals surface area contributed by atoms with Crippen molar-refractivity contribution >= 4 is 29.5 Å². The van der Waals surface area contributed by atoms with Gasteiger partial charge in [0.1, 0.15) is 11.6 Å². The van der Waals surface area contributed by atoms with Crippen molar-refractivity contribution in [2.45, 2.75) is 57.8 Å². The van der Waals surface area contributed by atoms with Crippen LogP contribution < -0.4 is 20.3 Å². The van der Waals surface area contributed by atoms with Crippen molar-refractivity contribution in [3.05, 3.63) is 35.5 Å². The van der Waals surface area contributed by atoms with Crippen molar-refractivity contribution in [2.75, 3.05) is 36.7 Å². The van der Waals surface area contributed by atoms with E-state index in [1.54, 1.807) is 12.1 Å². The number of carbonyl (C=O) groups is 2. The topological polar surface area (TPSA) is 109 Å². The van der Waals surface area contributed by atoms with E-state index in [0.717, 1.165) is 17.1 Å². The van der Waals surface area contributed by atoms with Gasteiger partial charge in [0.2, 0.25) is 5.95 Å². The second-order valence-corrected chi connectivity index (χ2v) is 8.99. The molecule has 1 aliphatic rings. The number of ether oxygens (including phenoxy) is 1. The maximum atomic E-state index is 12.9. The summed E-state index contributed by atoms with van der Waals surface area (Å²) in [5.74, 6) is -0.794. The maximum Gasteiger partial charge on any atom is 0.493 e. The number of hydroxylamine groups is 2. The van der Waals surface area contributed by atoms with Gasteiger partial charge in [-0.15, -0.1) is 5.06 Å². The second-order valence-electron chi connectivity index (χ2n) is 8.99. The molecule has 0 saturated heterocycles. The Hall–Kier alpha value is -3.77. The summed E-state index contributed by atoms with van der Waals surface area (Å²) in [6, 6.07) is 4.46. The first-order valence-electron chi connectivity index (χ1n) is 11.7. The van der Waals surface area contributed by atoms with E-state index in [0.29, 0.717) is 42.4 Å². The molecule has 1 aliphatic carbocycles. The number of aryl methyl sites for hydroxylation is 1. The van der Waals surface area contributed by atoms with Gasteiger partial charge in [-0.05, 0) is 51.7 Å². The van der Waals surface area contributed by atoms with Gasteiger partial charge in [-0.3, -0.25) is 0 Å². The zero-order chi connectivity index (χ0) is 27.3. The summed E-state index contributed by atoms with van der Waals surface area (Å²) in [5, 5.41) is 6.24. The van der Waals surface area contributed by atoms with Crippen LogP contribution in [0.2, 0.25) is 0 Å². The Balaban J connectivity index is 1.71. The van der Waals surface area contributed by atoms with Gasteiger partial charge in [-0.2, -0.15) is 18.2 Å². The van der Waals surface area contributed by atoms with Crippen molar-refractivity contribution in [3.8, 4) is 5.75 Å². The third-order valence-corrected chi connectivity index (χ3v) is 6.08. The van der Waals surface area contributed by atoms with Crippen molar-refractivity contribution in [1.82, 2.24) is 15.0 Å². The molecule has 13 heteroatoms. The highest BCUT2D eigenvalue weighted by molar-refractivity contribution is 5.90. The number of rotatable bonds is 6. The van der Waals surface area contributed by atoms with Crippen LogP contribution >= 0.6 is 0 Å². The molecule has 2 amide bonds. The quantitative estimate of drug-likeness (QED) is 0.534. The molecule has 1 saturated carbocycles. The summed E-state index contributed by atoms with van der Waals surface area (Å²) in [5.41, 5.74) is 2.06. The number of anilines is 3. The average molecular weight is 525 g/mol. The molecule has 1 heterocycles. The highest BCUT2D eigenvalue weighted by Gasteiger charge is 2.45. The van der Waals surface area contributed by atoms with Gasteiger partial charge in [0.05, 0.1) is 13.2 Å². The van der Waals surface area contributed by atoms with Crippen molar-refractivity contribution < 1.29 is 32.3 Å². The van der Waals surface area contributed by atoms with E-state index in [9.17, 15) is 22.8 Å². The van der Waals surface area contributed by atoms with Crippen LogP contribution in [0.15, 0.2) is 24.3 Å². The molecular weight excluding hydrogens is 493 g/mol. The Kier molecular flexibility index (Phi) is 8.66. The van der Waals surface area contributed by atoms with E-state index >= 15 is 0 Å². The Labute approximate surface area is 213 Å². The van der Waals surface area contributed by atoms with Gasteiger partial charge in [0.15, 0.2) is 0 Å². The third-order valence-electron chi connectivity index (χ3n) is 6.08. The normalized spacial score (nSPS) is 17.5. The van der Waals surface area contributed by atoms with Crippen LogP contribution in [0.25, 0.3) is 0 Å². The lowest BCUT2D eigenvalue weighted by atomic mass is 9.91. The van der Waals surface area contributed by atoms with Crippen molar-refractivity contribution in [3.63, 3.8) is 0 Å². The van der Waals surface area contributed by atoms with Gasteiger partial charge in [0.25, 0.3) is 0 Å². The molecule has 37 heavy (non-hydrogen) atoms. The SMILES string of the molecule is COc1cccc(NC(=O)N(OC(=O)C(F)(F)F)C2CCC(Nc3nc(C)c(C)c(N(C)C)n3)CC2)c1. The molecule has 2 N–H and O–H groups in total. The summed E-state index contributed by atoms with van der Waals surface area (Å²) < 4.78 is 43.9. The zero-order valence-corrected chi connectivity index (χ0v) is 21.3. The number of benzene rings is 1. The molecule has 0 bridgehead atoms. The highest BCUT2D eigenvalue weighted by Crippen LogP contribution is 2.29. The number of alkyl halides is 3. The van der Waals surface area contributed by atoms with E-state index < -0.39 is 24.2 Å². The fraction of sp³-hybridized carbons (Fsp3) is 0.500. The molecule has 202 valence electrons. The van der Waals surface area contributed by atoms with E-state index in [4.69, 9.17) is 4.74 Å². The number of hydrogen-bond acceptors (Lipinski definition) is 8. The van der Waals surface area contributed by atoms with Gasteiger partial charge in [-0.1, -0.05) is 6.07 Å². The number of carbonyl (C=O) groups excluding carboxylic acids is 2. The molecule has 0 aliphatic heterocycles. The van der Waals surface area contributed by atoms with Crippen LogP contribution in [-0.2, 0) is 9.63 Å². The smallest absolute Gasteiger partial charge is 0.493 e. The van der Waals surface area contributed by atoms with Crippen LogP contribution in [0, 0.1) is 13.8 Å². The number of halogens is 3. The number of aromatic nitrogens is 2. The van der Waals surface area contributed by atoms with Crippen molar-refractivity contribution in [2.24, 2.45) is 0 Å². The number of amides is 2. The summed E-state index contributed by atoms with van der Waals surface area (Å²) in [6.07, 6.45) is -3.69. The van der Waals surface area contributed by atoms with Crippen LogP contribution in [0.4, 0.5) is 35.4 Å². The molecule has 0 radical (unpaired) electrons.